The number of fused-ring (bicyclic) bond motifs is 3. The molecular formula is C50H66. The summed E-state index contributed by atoms with van der Waals surface area (Å²) in [6, 6.07) is 10.7. The molecule has 0 spiro atoms. The van der Waals surface area contributed by atoms with Gasteiger partial charge in [0.1, 0.15) is 0 Å². The Kier molecular flexibility index (Phi) is 7.43. The Morgan fingerprint density at radius 2 is 1.24 bits per heavy atom. The van der Waals surface area contributed by atoms with Crippen molar-refractivity contribution in [1.82, 2.24) is 0 Å². The Bertz CT molecular complexity index is 1730. The van der Waals surface area contributed by atoms with Gasteiger partial charge in [0, 0.05) is 11.3 Å². The number of rotatable bonds is 4. The first-order chi connectivity index (χ1) is 23.6. The van der Waals surface area contributed by atoms with Gasteiger partial charge in [0.2, 0.25) is 0 Å². The molecule has 0 heterocycles. The summed E-state index contributed by atoms with van der Waals surface area (Å²) in [5.41, 5.74) is 18.9. The molecule has 10 rings (SSSR count). The summed E-state index contributed by atoms with van der Waals surface area (Å²) in [7, 11) is 0. The smallest absolute Gasteiger partial charge is 0.0201 e. The molecule has 266 valence electrons. The summed E-state index contributed by atoms with van der Waals surface area (Å²) in [6.45, 7) is 24.5. The van der Waals surface area contributed by atoms with Gasteiger partial charge in [-0.3, -0.25) is 0 Å². The largest absolute Gasteiger partial charge is 0.0885 e. The Morgan fingerprint density at radius 1 is 0.700 bits per heavy atom. The van der Waals surface area contributed by atoms with E-state index in [2.05, 4.69) is 112 Å². The van der Waals surface area contributed by atoms with E-state index in [0.29, 0.717) is 17.3 Å². The van der Waals surface area contributed by atoms with Crippen LogP contribution in [0.5, 0.6) is 0 Å². The van der Waals surface area contributed by atoms with Crippen LogP contribution in [0, 0.1) is 60.2 Å². The monoisotopic (exact) mass is 667 g/mol. The summed E-state index contributed by atoms with van der Waals surface area (Å²) in [5, 5.41) is 0. The molecule has 2 aromatic rings. The van der Waals surface area contributed by atoms with Crippen molar-refractivity contribution in [3.05, 3.63) is 92.6 Å². The van der Waals surface area contributed by atoms with Crippen LogP contribution in [-0.4, -0.2) is 0 Å². The van der Waals surface area contributed by atoms with Crippen LogP contribution in [0.3, 0.4) is 0 Å². The van der Waals surface area contributed by atoms with Crippen LogP contribution in [0.4, 0.5) is 0 Å². The zero-order valence-corrected chi connectivity index (χ0v) is 33.4. The van der Waals surface area contributed by atoms with E-state index in [4.69, 9.17) is 0 Å². The lowest BCUT2D eigenvalue weighted by Crippen LogP contribution is -2.47. The van der Waals surface area contributed by atoms with Gasteiger partial charge in [-0.2, -0.15) is 0 Å². The average molecular weight is 667 g/mol. The molecule has 2 aromatic carbocycles. The molecule has 0 nitrogen and oxygen atoms in total. The van der Waals surface area contributed by atoms with Crippen molar-refractivity contribution in [1.29, 1.82) is 0 Å². The first-order valence-corrected chi connectivity index (χ1v) is 21.0. The molecule has 3 atom stereocenters. The van der Waals surface area contributed by atoms with E-state index in [1.54, 1.807) is 22.3 Å². The lowest BCUT2D eigenvalue weighted by molar-refractivity contribution is -0.0316. The Balaban J connectivity index is 1.26. The number of aryl methyl sites for hydroxylation is 2. The summed E-state index contributed by atoms with van der Waals surface area (Å²) < 4.78 is 0. The fourth-order valence-electron chi connectivity index (χ4n) is 14.4. The molecule has 4 fully saturated rings. The minimum Gasteiger partial charge on any atom is -0.0885 e. The van der Waals surface area contributed by atoms with E-state index in [0.717, 1.165) is 29.6 Å². The summed E-state index contributed by atoms with van der Waals surface area (Å²) in [6.07, 6.45) is 23.6. The Labute approximate surface area is 305 Å². The van der Waals surface area contributed by atoms with Crippen molar-refractivity contribution in [3.63, 3.8) is 0 Å². The second-order valence-electron chi connectivity index (χ2n) is 21.5. The minimum atomic E-state index is 0.119. The third-order valence-corrected chi connectivity index (χ3v) is 16.0. The molecule has 3 unspecified atom stereocenters. The normalized spacial score (nSPS) is 34.5. The van der Waals surface area contributed by atoms with Crippen LogP contribution in [0.1, 0.15) is 165 Å². The molecule has 0 aromatic heterocycles. The minimum absolute atomic E-state index is 0.119. The third kappa shape index (κ3) is 4.81. The first-order valence-electron chi connectivity index (χ1n) is 21.0. The maximum Gasteiger partial charge on any atom is 0.0201 e. The van der Waals surface area contributed by atoms with E-state index >= 15 is 0 Å². The molecule has 4 saturated carbocycles. The van der Waals surface area contributed by atoms with E-state index in [1.807, 2.05) is 16.7 Å². The second-order valence-corrected chi connectivity index (χ2v) is 21.5. The van der Waals surface area contributed by atoms with Gasteiger partial charge in [-0.1, -0.05) is 109 Å². The van der Waals surface area contributed by atoms with E-state index in [9.17, 15) is 0 Å². The third-order valence-electron chi connectivity index (χ3n) is 16.0. The van der Waals surface area contributed by atoms with Crippen molar-refractivity contribution in [2.24, 2.45) is 46.3 Å². The average Bonchev–Trinajstić information content (AvgIpc) is 3.69. The highest BCUT2D eigenvalue weighted by molar-refractivity contribution is 5.83. The first kappa shape index (κ1) is 33.5. The van der Waals surface area contributed by atoms with Crippen LogP contribution >= 0.6 is 0 Å². The summed E-state index contributed by atoms with van der Waals surface area (Å²) in [4.78, 5) is 0. The van der Waals surface area contributed by atoms with E-state index < -0.39 is 0 Å². The molecule has 0 heteroatoms. The maximum atomic E-state index is 2.95. The van der Waals surface area contributed by atoms with Crippen molar-refractivity contribution in [2.75, 3.05) is 0 Å². The molecule has 0 saturated heterocycles. The van der Waals surface area contributed by atoms with Gasteiger partial charge in [0.25, 0.3) is 0 Å². The molecule has 8 aliphatic rings. The van der Waals surface area contributed by atoms with Crippen LogP contribution in [0.15, 0.2) is 59.2 Å². The van der Waals surface area contributed by atoms with Crippen LogP contribution in [-0.2, 0) is 10.8 Å². The second kappa shape index (κ2) is 11.1. The lowest BCUT2D eigenvalue weighted by atomic mass is 9.47. The predicted octanol–water partition coefficient (Wildman–Crippen LogP) is 13.9. The van der Waals surface area contributed by atoms with Gasteiger partial charge in [0.15, 0.2) is 0 Å². The van der Waals surface area contributed by atoms with Gasteiger partial charge >= 0.3 is 0 Å². The maximum absolute atomic E-state index is 2.95. The van der Waals surface area contributed by atoms with Gasteiger partial charge < -0.3 is 0 Å². The summed E-state index contributed by atoms with van der Waals surface area (Å²) in [5.74, 6) is 5.50. The molecule has 0 N–H and O–H groups in total. The number of allylic oxidation sites excluding steroid dienone is 6. The number of benzene rings is 2. The molecule has 50 heavy (non-hydrogen) atoms. The molecule has 8 aliphatic carbocycles. The van der Waals surface area contributed by atoms with Crippen LogP contribution in [0.25, 0.3) is 11.1 Å². The number of hydrogen-bond acceptors (Lipinski definition) is 0. The van der Waals surface area contributed by atoms with Crippen LogP contribution < -0.4 is 0 Å². The molecule has 4 bridgehead atoms. The van der Waals surface area contributed by atoms with Gasteiger partial charge in [-0.25, -0.2) is 0 Å². The predicted molar refractivity (Wildman–Crippen MR) is 213 cm³/mol. The van der Waals surface area contributed by atoms with Gasteiger partial charge in [-0.15, -0.1) is 0 Å². The van der Waals surface area contributed by atoms with Crippen LogP contribution in [0.2, 0.25) is 0 Å². The van der Waals surface area contributed by atoms with Crippen molar-refractivity contribution >= 4 is 0 Å². The molecular weight excluding hydrogens is 601 g/mol. The molecule has 0 aliphatic heterocycles. The van der Waals surface area contributed by atoms with Gasteiger partial charge in [0.05, 0.1) is 0 Å². The number of hydrogen-bond donors (Lipinski definition) is 0. The fourth-order valence-corrected chi connectivity index (χ4v) is 14.4. The zero-order chi connectivity index (χ0) is 35.1. The highest BCUT2D eigenvalue weighted by Crippen LogP contribution is 2.71. The van der Waals surface area contributed by atoms with E-state index in [-0.39, 0.29) is 16.2 Å². The topological polar surface area (TPSA) is 0 Å². The highest BCUT2D eigenvalue weighted by Gasteiger charge is 2.60. The van der Waals surface area contributed by atoms with Crippen molar-refractivity contribution in [2.45, 2.75) is 157 Å². The molecule has 0 amide bonds. The highest BCUT2D eigenvalue weighted by atomic mass is 14.6. The standard InChI is InChI=1S/C50H66/c1-29(2)50(46-40-16-30(3)43(47(5,6)7)23-37(40)38-24-44(48(8,9)10)31(4)17-41(38)46)28-42(35-14-12-11-13-15-35)39-21-36(22-45(39)50)49-25-32-18-33(26-49)20-34(19-32)27-49/h11-12,16-17,22-24,29,32-35,42,46H,13-15,18-21,25-28H2,1-10H3. The fraction of sp³-hybridized carbons (Fsp3) is 0.640. The van der Waals surface area contributed by atoms with E-state index in [1.165, 1.54) is 92.9 Å². The van der Waals surface area contributed by atoms with Crippen molar-refractivity contribution in [3.8, 4) is 11.1 Å². The Morgan fingerprint density at radius 3 is 1.70 bits per heavy atom. The SMILES string of the molecule is Cc1cc2c(cc1C(C)(C)C)-c1cc(C(C)(C)C)c(C)cc1C2C1(C(C)C)CC(C2CC=CCC2)C2=C1C=C(C13CC4CC(CC(C4)C1)C3)C2. The quantitative estimate of drug-likeness (QED) is 0.285. The molecule has 0 radical (unpaired) electrons. The lowest BCUT2D eigenvalue weighted by Gasteiger charge is -2.58. The summed E-state index contributed by atoms with van der Waals surface area (Å²) >= 11 is 0. The van der Waals surface area contributed by atoms with Gasteiger partial charge in [-0.05, 0) is 186 Å². The Hall–Kier alpha value is -2.34. The van der Waals surface area contributed by atoms with Crippen molar-refractivity contribution < 1.29 is 0 Å². The zero-order valence-electron chi connectivity index (χ0n) is 33.4.